The third kappa shape index (κ3) is 5.88. The van der Waals surface area contributed by atoms with Crippen molar-refractivity contribution in [2.24, 2.45) is 5.92 Å². The molecule has 2 rings (SSSR count). The maximum atomic E-state index is 12.2. The van der Waals surface area contributed by atoms with Crippen molar-refractivity contribution in [2.75, 3.05) is 26.7 Å². The number of hydrogen-bond acceptors (Lipinski definition) is 4. The molecule has 2 heterocycles. The molecule has 1 amide bonds. The van der Waals surface area contributed by atoms with E-state index in [4.69, 9.17) is 0 Å². The van der Waals surface area contributed by atoms with Crippen molar-refractivity contribution in [3.63, 3.8) is 0 Å². The zero-order valence-corrected chi connectivity index (χ0v) is 15.1. The molecule has 1 unspecified atom stereocenters. The summed E-state index contributed by atoms with van der Waals surface area (Å²) < 4.78 is 0. The second kappa shape index (κ2) is 10.2. The fraction of sp³-hybridized carbons (Fsp3) is 0.688. The lowest BCUT2D eigenvalue weighted by Crippen LogP contribution is -2.48. The minimum Gasteiger partial charge on any atom is -0.350 e. The van der Waals surface area contributed by atoms with Crippen LogP contribution in [0.25, 0.3) is 0 Å². The lowest BCUT2D eigenvalue weighted by atomic mass is 9.93. The Balaban J connectivity index is 0.00000242. The Morgan fingerprint density at radius 2 is 2.18 bits per heavy atom. The highest BCUT2D eigenvalue weighted by molar-refractivity contribution is 7.09. The van der Waals surface area contributed by atoms with Gasteiger partial charge in [-0.15, -0.1) is 23.7 Å². The summed E-state index contributed by atoms with van der Waals surface area (Å²) in [5, 5.41) is 8.31. The lowest BCUT2D eigenvalue weighted by molar-refractivity contribution is -0.126. The number of thiophene rings is 1. The molecule has 0 saturated carbocycles. The predicted molar refractivity (Wildman–Crippen MR) is 95.7 cm³/mol. The summed E-state index contributed by atoms with van der Waals surface area (Å²) in [5.41, 5.74) is 0. The van der Waals surface area contributed by atoms with E-state index in [1.165, 1.54) is 24.1 Å². The van der Waals surface area contributed by atoms with Gasteiger partial charge in [-0.3, -0.25) is 9.69 Å². The molecule has 6 heteroatoms. The fourth-order valence-corrected chi connectivity index (χ4v) is 3.52. The normalized spacial score (nSPS) is 17.7. The molecule has 0 spiro atoms. The maximum absolute atomic E-state index is 12.2. The summed E-state index contributed by atoms with van der Waals surface area (Å²) in [4.78, 5) is 15.8. The van der Waals surface area contributed by atoms with E-state index in [9.17, 15) is 4.79 Å². The van der Waals surface area contributed by atoms with Crippen molar-refractivity contribution in [3.8, 4) is 0 Å². The van der Waals surface area contributed by atoms with Gasteiger partial charge < -0.3 is 10.6 Å². The number of likely N-dealkylation sites (tertiary alicyclic amines) is 1. The third-order valence-corrected chi connectivity index (χ3v) is 5.27. The average molecular weight is 346 g/mol. The molecule has 0 bridgehead atoms. The molecule has 4 nitrogen and oxygen atoms in total. The van der Waals surface area contributed by atoms with E-state index in [2.05, 4.69) is 21.6 Å². The van der Waals surface area contributed by atoms with Crippen molar-refractivity contribution in [2.45, 2.75) is 38.8 Å². The van der Waals surface area contributed by atoms with Gasteiger partial charge in [0.25, 0.3) is 0 Å². The summed E-state index contributed by atoms with van der Waals surface area (Å²) >= 11 is 1.69. The lowest BCUT2D eigenvalue weighted by Gasteiger charge is -2.35. The molecule has 1 aliphatic heterocycles. The standard InChI is InChI=1S/C16H27N3OS.ClH/c1-13(16(20)18-12-15-4-3-11-21-15)19-9-6-14(7-10-19)5-8-17-2;/h3-4,11,13-14,17H,5-10,12H2,1-2H3,(H,18,20);1H. The van der Waals surface area contributed by atoms with Crippen molar-refractivity contribution >= 4 is 29.7 Å². The van der Waals surface area contributed by atoms with E-state index in [-0.39, 0.29) is 24.4 Å². The molecule has 1 fully saturated rings. The van der Waals surface area contributed by atoms with E-state index >= 15 is 0 Å². The van der Waals surface area contributed by atoms with Gasteiger partial charge in [-0.25, -0.2) is 0 Å². The first-order valence-corrected chi connectivity index (χ1v) is 8.77. The molecule has 0 aliphatic carbocycles. The van der Waals surface area contributed by atoms with Gasteiger partial charge in [-0.1, -0.05) is 6.07 Å². The van der Waals surface area contributed by atoms with E-state index in [1.807, 2.05) is 25.4 Å². The minimum absolute atomic E-state index is 0. The Morgan fingerprint density at radius 3 is 2.77 bits per heavy atom. The highest BCUT2D eigenvalue weighted by atomic mass is 35.5. The van der Waals surface area contributed by atoms with Crippen LogP contribution in [0.1, 0.15) is 31.1 Å². The summed E-state index contributed by atoms with van der Waals surface area (Å²) in [6, 6.07) is 4.06. The maximum Gasteiger partial charge on any atom is 0.237 e. The predicted octanol–water partition coefficient (Wildman–Crippen LogP) is 2.50. The van der Waals surface area contributed by atoms with Crippen LogP contribution in [0.2, 0.25) is 0 Å². The summed E-state index contributed by atoms with van der Waals surface area (Å²) in [5.74, 6) is 0.965. The van der Waals surface area contributed by atoms with Gasteiger partial charge in [-0.2, -0.15) is 0 Å². The topological polar surface area (TPSA) is 44.4 Å². The molecule has 1 aliphatic rings. The van der Waals surface area contributed by atoms with E-state index in [1.54, 1.807) is 11.3 Å². The largest absolute Gasteiger partial charge is 0.350 e. The molecular weight excluding hydrogens is 318 g/mol. The van der Waals surface area contributed by atoms with Crippen LogP contribution in [0, 0.1) is 5.92 Å². The van der Waals surface area contributed by atoms with E-state index in [0.717, 1.165) is 25.6 Å². The number of halogens is 1. The first-order chi connectivity index (χ1) is 10.2. The van der Waals surface area contributed by atoms with Crippen LogP contribution in [0.5, 0.6) is 0 Å². The third-order valence-electron chi connectivity index (χ3n) is 4.40. The van der Waals surface area contributed by atoms with Gasteiger partial charge >= 0.3 is 0 Å². The quantitative estimate of drug-likeness (QED) is 0.798. The van der Waals surface area contributed by atoms with Crippen LogP contribution >= 0.6 is 23.7 Å². The monoisotopic (exact) mass is 345 g/mol. The van der Waals surface area contributed by atoms with Crippen LogP contribution in [-0.4, -0.2) is 43.5 Å². The first-order valence-electron chi connectivity index (χ1n) is 7.89. The van der Waals surface area contributed by atoms with Gasteiger partial charge in [0.05, 0.1) is 12.6 Å². The Kier molecular flexibility index (Phi) is 9.02. The van der Waals surface area contributed by atoms with E-state index in [0.29, 0.717) is 6.54 Å². The van der Waals surface area contributed by atoms with Crippen LogP contribution in [0.3, 0.4) is 0 Å². The Morgan fingerprint density at radius 1 is 1.45 bits per heavy atom. The SMILES string of the molecule is CNCCC1CCN(C(C)C(=O)NCc2cccs2)CC1.Cl. The number of nitrogens with one attached hydrogen (secondary N) is 2. The van der Waals surface area contributed by atoms with Crippen LogP contribution in [0.15, 0.2) is 17.5 Å². The van der Waals surface area contributed by atoms with Crippen LogP contribution in [-0.2, 0) is 11.3 Å². The van der Waals surface area contributed by atoms with Crippen LogP contribution in [0.4, 0.5) is 0 Å². The fourth-order valence-electron chi connectivity index (χ4n) is 2.88. The molecule has 1 aromatic rings. The molecule has 22 heavy (non-hydrogen) atoms. The average Bonchev–Trinajstić information content (AvgIpc) is 3.04. The molecule has 0 aromatic carbocycles. The zero-order valence-electron chi connectivity index (χ0n) is 13.5. The zero-order chi connectivity index (χ0) is 15.1. The Bertz CT molecular complexity index is 419. The number of hydrogen-bond donors (Lipinski definition) is 2. The van der Waals surface area contributed by atoms with Gasteiger partial charge in [0.15, 0.2) is 0 Å². The highest BCUT2D eigenvalue weighted by Gasteiger charge is 2.26. The molecule has 2 N–H and O–H groups in total. The van der Waals surface area contributed by atoms with Crippen molar-refractivity contribution in [1.82, 2.24) is 15.5 Å². The molecule has 0 radical (unpaired) electrons. The van der Waals surface area contributed by atoms with Gasteiger partial charge in [0.2, 0.25) is 5.91 Å². The highest BCUT2D eigenvalue weighted by Crippen LogP contribution is 2.21. The molecule has 1 atom stereocenters. The second-order valence-corrected chi connectivity index (χ2v) is 6.88. The number of carbonyl (C=O) groups is 1. The summed E-state index contributed by atoms with van der Waals surface area (Å²) in [6.45, 7) is 5.86. The van der Waals surface area contributed by atoms with Crippen LogP contribution < -0.4 is 10.6 Å². The number of rotatable bonds is 7. The minimum atomic E-state index is -0.0183. The van der Waals surface area contributed by atoms with E-state index < -0.39 is 0 Å². The summed E-state index contributed by atoms with van der Waals surface area (Å²) in [6.07, 6.45) is 3.68. The first kappa shape index (κ1) is 19.4. The smallest absolute Gasteiger partial charge is 0.237 e. The van der Waals surface area contributed by atoms with Crippen molar-refractivity contribution in [1.29, 1.82) is 0 Å². The second-order valence-electron chi connectivity index (χ2n) is 5.84. The number of piperidine rings is 1. The molecule has 126 valence electrons. The summed E-state index contributed by atoms with van der Waals surface area (Å²) in [7, 11) is 2.01. The Labute approximate surface area is 144 Å². The van der Waals surface area contributed by atoms with Gasteiger partial charge in [0, 0.05) is 4.88 Å². The molecule has 1 aromatic heterocycles. The Hall–Kier alpha value is -0.620. The van der Waals surface area contributed by atoms with Gasteiger partial charge in [0.1, 0.15) is 0 Å². The van der Waals surface area contributed by atoms with Crippen molar-refractivity contribution < 1.29 is 4.79 Å². The van der Waals surface area contributed by atoms with Crippen molar-refractivity contribution in [3.05, 3.63) is 22.4 Å². The van der Waals surface area contributed by atoms with Gasteiger partial charge in [-0.05, 0) is 70.2 Å². The molecular formula is C16H28ClN3OS. The number of nitrogens with zero attached hydrogens (tertiary/aromatic N) is 1. The number of amides is 1. The number of carbonyl (C=O) groups excluding carboxylic acids is 1. The molecule has 1 saturated heterocycles.